The van der Waals surface area contributed by atoms with Gasteiger partial charge in [-0.05, 0) is 42.9 Å². The van der Waals surface area contributed by atoms with E-state index in [1.807, 2.05) is 5.38 Å². The highest BCUT2D eigenvalue weighted by Gasteiger charge is 2.23. The molecule has 0 aliphatic heterocycles. The lowest BCUT2D eigenvalue weighted by molar-refractivity contribution is 0.102. The minimum absolute atomic E-state index is 0.105. The SMILES string of the molecule is CC1CCc2c(C(=O)Nc3cccc(Cl)c3Cl)csc2C1. The average Bonchev–Trinajstić information content (AvgIpc) is 2.86. The van der Waals surface area contributed by atoms with Gasteiger partial charge in [0, 0.05) is 10.3 Å². The van der Waals surface area contributed by atoms with Crippen molar-refractivity contribution in [2.45, 2.75) is 26.2 Å². The molecular weight excluding hydrogens is 325 g/mol. The monoisotopic (exact) mass is 339 g/mol. The standard InChI is InChI=1S/C16H15Cl2NOS/c1-9-5-6-10-11(8-21-14(10)7-9)16(20)19-13-4-2-3-12(17)15(13)18/h2-4,8-9H,5-7H2,1H3,(H,19,20). The molecule has 1 aliphatic rings. The van der Waals surface area contributed by atoms with Gasteiger partial charge in [0.25, 0.3) is 5.91 Å². The van der Waals surface area contributed by atoms with Gasteiger partial charge in [-0.15, -0.1) is 11.3 Å². The summed E-state index contributed by atoms with van der Waals surface area (Å²) in [6, 6.07) is 5.23. The first kappa shape index (κ1) is 14.9. The van der Waals surface area contributed by atoms with E-state index in [0.29, 0.717) is 21.7 Å². The number of carbonyl (C=O) groups excluding carboxylic acids is 1. The number of amides is 1. The van der Waals surface area contributed by atoms with Crippen molar-refractivity contribution in [1.82, 2.24) is 0 Å². The van der Waals surface area contributed by atoms with Crippen molar-refractivity contribution in [3.8, 4) is 0 Å². The number of fused-ring (bicyclic) bond motifs is 1. The van der Waals surface area contributed by atoms with E-state index in [-0.39, 0.29) is 5.91 Å². The molecule has 1 atom stereocenters. The van der Waals surface area contributed by atoms with E-state index in [9.17, 15) is 4.79 Å². The summed E-state index contributed by atoms with van der Waals surface area (Å²) in [5, 5.41) is 5.64. The molecule has 1 N–H and O–H groups in total. The van der Waals surface area contributed by atoms with Gasteiger partial charge >= 0.3 is 0 Å². The summed E-state index contributed by atoms with van der Waals surface area (Å²) >= 11 is 13.8. The molecule has 5 heteroatoms. The van der Waals surface area contributed by atoms with Crippen LogP contribution in [0.2, 0.25) is 10.0 Å². The predicted molar refractivity (Wildman–Crippen MR) is 89.9 cm³/mol. The van der Waals surface area contributed by atoms with E-state index in [1.54, 1.807) is 29.5 Å². The minimum Gasteiger partial charge on any atom is -0.321 e. The first-order chi connectivity index (χ1) is 10.1. The maximum absolute atomic E-state index is 12.5. The van der Waals surface area contributed by atoms with Crippen molar-refractivity contribution in [2.75, 3.05) is 5.32 Å². The third kappa shape index (κ3) is 2.96. The Morgan fingerprint density at radius 2 is 2.19 bits per heavy atom. The van der Waals surface area contributed by atoms with Crippen LogP contribution in [-0.2, 0) is 12.8 Å². The number of carbonyl (C=O) groups is 1. The van der Waals surface area contributed by atoms with Crippen LogP contribution in [0.1, 0.15) is 34.1 Å². The van der Waals surface area contributed by atoms with Crippen LogP contribution in [0.15, 0.2) is 23.6 Å². The average molecular weight is 340 g/mol. The van der Waals surface area contributed by atoms with Gasteiger partial charge in [-0.1, -0.05) is 36.2 Å². The van der Waals surface area contributed by atoms with Gasteiger partial charge in [-0.25, -0.2) is 0 Å². The molecule has 0 radical (unpaired) electrons. The fourth-order valence-corrected chi connectivity index (χ4v) is 4.25. The molecule has 1 aliphatic carbocycles. The lowest BCUT2D eigenvalue weighted by atomic mass is 9.88. The second-order valence-electron chi connectivity index (χ2n) is 5.45. The molecule has 3 rings (SSSR count). The Hall–Kier alpha value is -1.03. The first-order valence-electron chi connectivity index (χ1n) is 6.91. The Kier molecular flexibility index (Phi) is 4.25. The Morgan fingerprint density at radius 3 is 3.00 bits per heavy atom. The molecule has 0 spiro atoms. The number of nitrogens with one attached hydrogen (secondary N) is 1. The zero-order valence-corrected chi connectivity index (χ0v) is 13.9. The first-order valence-corrected chi connectivity index (χ1v) is 8.54. The van der Waals surface area contributed by atoms with E-state index in [1.165, 1.54) is 10.4 Å². The highest BCUT2D eigenvalue weighted by atomic mass is 35.5. The van der Waals surface area contributed by atoms with Crippen molar-refractivity contribution >= 4 is 46.1 Å². The second kappa shape index (κ2) is 5.99. The van der Waals surface area contributed by atoms with Crippen LogP contribution >= 0.6 is 34.5 Å². The van der Waals surface area contributed by atoms with Gasteiger partial charge in [0.2, 0.25) is 0 Å². The number of hydrogen-bond acceptors (Lipinski definition) is 2. The topological polar surface area (TPSA) is 29.1 Å². The smallest absolute Gasteiger partial charge is 0.256 e. The van der Waals surface area contributed by atoms with Crippen LogP contribution in [0.4, 0.5) is 5.69 Å². The lowest BCUT2D eigenvalue weighted by Gasteiger charge is -2.19. The number of thiophene rings is 1. The van der Waals surface area contributed by atoms with Crippen molar-refractivity contribution < 1.29 is 4.79 Å². The molecule has 2 nitrogen and oxygen atoms in total. The summed E-state index contributed by atoms with van der Waals surface area (Å²) in [4.78, 5) is 13.8. The summed E-state index contributed by atoms with van der Waals surface area (Å²) < 4.78 is 0. The summed E-state index contributed by atoms with van der Waals surface area (Å²) in [7, 11) is 0. The number of benzene rings is 1. The van der Waals surface area contributed by atoms with Gasteiger partial charge < -0.3 is 5.32 Å². The van der Waals surface area contributed by atoms with Crippen LogP contribution in [0.5, 0.6) is 0 Å². The van der Waals surface area contributed by atoms with Crippen molar-refractivity contribution in [3.05, 3.63) is 49.6 Å². The van der Waals surface area contributed by atoms with Crippen molar-refractivity contribution in [2.24, 2.45) is 5.92 Å². The zero-order chi connectivity index (χ0) is 15.0. The van der Waals surface area contributed by atoms with Crippen LogP contribution in [0.3, 0.4) is 0 Å². The van der Waals surface area contributed by atoms with Crippen LogP contribution in [-0.4, -0.2) is 5.91 Å². The lowest BCUT2D eigenvalue weighted by Crippen LogP contribution is -2.16. The molecule has 0 fully saturated rings. The van der Waals surface area contributed by atoms with Crippen LogP contribution in [0.25, 0.3) is 0 Å². The molecule has 1 unspecified atom stereocenters. The van der Waals surface area contributed by atoms with Gasteiger partial charge in [0.05, 0.1) is 21.3 Å². The van der Waals surface area contributed by atoms with Crippen molar-refractivity contribution in [1.29, 1.82) is 0 Å². The summed E-state index contributed by atoms with van der Waals surface area (Å²) in [6.07, 6.45) is 3.19. The highest BCUT2D eigenvalue weighted by Crippen LogP contribution is 2.34. The summed E-state index contributed by atoms with van der Waals surface area (Å²) in [6.45, 7) is 2.26. The Morgan fingerprint density at radius 1 is 1.38 bits per heavy atom. The molecule has 0 saturated heterocycles. The Bertz CT molecular complexity index is 696. The molecular formula is C16H15Cl2NOS. The quantitative estimate of drug-likeness (QED) is 0.776. The molecule has 21 heavy (non-hydrogen) atoms. The van der Waals surface area contributed by atoms with E-state index in [2.05, 4.69) is 12.2 Å². The minimum atomic E-state index is -0.105. The van der Waals surface area contributed by atoms with Crippen molar-refractivity contribution in [3.63, 3.8) is 0 Å². The third-order valence-electron chi connectivity index (χ3n) is 3.85. The number of anilines is 1. The maximum Gasteiger partial charge on any atom is 0.256 e. The second-order valence-corrected chi connectivity index (χ2v) is 7.20. The van der Waals surface area contributed by atoms with E-state index < -0.39 is 0 Å². The van der Waals surface area contributed by atoms with Gasteiger partial charge in [0.1, 0.15) is 0 Å². The Labute approximate surface area is 138 Å². The number of halogens is 2. The van der Waals surface area contributed by atoms with Crippen LogP contribution < -0.4 is 5.32 Å². The molecule has 2 aromatic rings. The molecule has 1 amide bonds. The van der Waals surface area contributed by atoms with E-state index >= 15 is 0 Å². The highest BCUT2D eigenvalue weighted by molar-refractivity contribution is 7.10. The maximum atomic E-state index is 12.5. The molecule has 1 aromatic heterocycles. The summed E-state index contributed by atoms with van der Waals surface area (Å²) in [5.41, 5.74) is 2.53. The molecule has 1 heterocycles. The molecule has 0 saturated carbocycles. The third-order valence-corrected chi connectivity index (χ3v) is 5.72. The Balaban J connectivity index is 1.85. The predicted octanol–water partition coefficient (Wildman–Crippen LogP) is 5.43. The van der Waals surface area contributed by atoms with E-state index in [4.69, 9.17) is 23.2 Å². The largest absolute Gasteiger partial charge is 0.321 e. The normalized spacial score (nSPS) is 17.4. The van der Waals surface area contributed by atoms with Gasteiger partial charge in [-0.2, -0.15) is 0 Å². The fourth-order valence-electron chi connectivity index (χ4n) is 2.66. The fraction of sp³-hybridized carbons (Fsp3) is 0.312. The van der Waals surface area contributed by atoms with Crippen LogP contribution in [0, 0.1) is 5.92 Å². The molecule has 0 bridgehead atoms. The van der Waals surface area contributed by atoms with E-state index in [0.717, 1.165) is 24.8 Å². The van der Waals surface area contributed by atoms with Gasteiger partial charge in [-0.3, -0.25) is 4.79 Å². The molecule has 110 valence electrons. The molecule has 1 aromatic carbocycles. The van der Waals surface area contributed by atoms with Gasteiger partial charge in [0.15, 0.2) is 0 Å². The number of rotatable bonds is 2. The summed E-state index contributed by atoms with van der Waals surface area (Å²) in [5.74, 6) is 0.598. The zero-order valence-electron chi connectivity index (χ0n) is 11.6. The number of hydrogen-bond donors (Lipinski definition) is 1.